The third kappa shape index (κ3) is 1.65. The first-order valence-corrected chi connectivity index (χ1v) is 5.52. The monoisotopic (exact) mass is 201 g/mol. The van der Waals surface area contributed by atoms with Gasteiger partial charge in [0.05, 0.1) is 0 Å². The fourth-order valence-electron chi connectivity index (χ4n) is 1.32. The van der Waals surface area contributed by atoms with Crippen LogP contribution in [-0.4, -0.2) is 11.6 Å². The first kappa shape index (κ1) is 8.53. The van der Waals surface area contributed by atoms with Crippen LogP contribution in [0.4, 0.5) is 0 Å². The van der Waals surface area contributed by atoms with Gasteiger partial charge in [0.15, 0.2) is 0 Å². The first-order chi connectivity index (χ1) is 5.90. The molecule has 0 saturated carbocycles. The van der Waals surface area contributed by atoms with Gasteiger partial charge in [0.25, 0.3) is 0 Å². The SMILES string of the molecule is SCc1cnc(C2CCCO2)s1. The third-order valence-electron chi connectivity index (χ3n) is 1.93. The Kier molecular flexibility index (Phi) is 2.68. The number of thiol groups is 1. The van der Waals surface area contributed by atoms with E-state index in [1.165, 1.54) is 11.3 Å². The average molecular weight is 201 g/mol. The Hall–Kier alpha value is -0.0600. The Balaban J connectivity index is 2.11. The summed E-state index contributed by atoms with van der Waals surface area (Å²) in [5.74, 6) is 0.782. The minimum Gasteiger partial charge on any atom is -0.371 e. The van der Waals surface area contributed by atoms with Crippen molar-refractivity contribution in [3.63, 3.8) is 0 Å². The molecule has 2 nitrogen and oxygen atoms in total. The molecule has 1 aliphatic heterocycles. The summed E-state index contributed by atoms with van der Waals surface area (Å²) in [6.45, 7) is 0.889. The molecule has 4 heteroatoms. The minimum atomic E-state index is 0.267. The zero-order valence-corrected chi connectivity index (χ0v) is 8.40. The van der Waals surface area contributed by atoms with E-state index in [-0.39, 0.29) is 6.10 Å². The first-order valence-electron chi connectivity index (χ1n) is 4.07. The van der Waals surface area contributed by atoms with E-state index in [1.54, 1.807) is 11.3 Å². The van der Waals surface area contributed by atoms with Gasteiger partial charge in [-0.25, -0.2) is 4.98 Å². The van der Waals surface area contributed by atoms with Gasteiger partial charge in [-0.1, -0.05) is 0 Å². The summed E-state index contributed by atoms with van der Waals surface area (Å²) in [7, 11) is 0. The Morgan fingerprint density at radius 2 is 2.67 bits per heavy atom. The van der Waals surface area contributed by atoms with Crippen LogP contribution in [0.5, 0.6) is 0 Å². The summed E-state index contributed by atoms with van der Waals surface area (Å²) in [4.78, 5) is 5.54. The van der Waals surface area contributed by atoms with Crippen molar-refractivity contribution >= 4 is 24.0 Å². The fourth-order valence-corrected chi connectivity index (χ4v) is 2.45. The van der Waals surface area contributed by atoms with Gasteiger partial charge in [-0.3, -0.25) is 0 Å². The third-order valence-corrected chi connectivity index (χ3v) is 3.58. The molecule has 1 fully saturated rings. The molecule has 12 heavy (non-hydrogen) atoms. The Bertz CT molecular complexity index is 255. The molecule has 1 atom stereocenters. The Morgan fingerprint density at radius 3 is 3.25 bits per heavy atom. The molecule has 0 aromatic carbocycles. The van der Waals surface area contributed by atoms with E-state index < -0.39 is 0 Å². The maximum Gasteiger partial charge on any atom is 0.122 e. The fraction of sp³-hybridized carbons (Fsp3) is 0.625. The van der Waals surface area contributed by atoms with Crippen molar-refractivity contribution in [3.05, 3.63) is 16.1 Å². The normalized spacial score (nSPS) is 23.2. The highest BCUT2D eigenvalue weighted by molar-refractivity contribution is 7.79. The maximum absolute atomic E-state index is 5.52. The molecule has 0 amide bonds. The van der Waals surface area contributed by atoms with Crippen molar-refractivity contribution in [2.75, 3.05) is 6.61 Å². The topological polar surface area (TPSA) is 22.1 Å². The molecule has 1 aromatic rings. The van der Waals surface area contributed by atoms with Crippen molar-refractivity contribution in [2.24, 2.45) is 0 Å². The lowest BCUT2D eigenvalue weighted by molar-refractivity contribution is 0.111. The van der Waals surface area contributed by atoms with Gasteiger partial charge in [0.2, 0.25) is 0 Å². The van der Waals surface area contributed by atoms with E-state index in [9.17, 15) is 0 Å². The summed E-state index contributed by atoms with van der Waals surface area (Å²) >= 11 is 5.91. The van der Waals surface area contributed by atoms with Crippen LogP contribution < -0.4 is 0 Å². The van der Waals surface area contributed by atoms with Gasteiger partial charge in [-0.05, 0) is 12.8 Å². The molecule has 2 heterocycles. The second kappa shape index (κ2) is 3.77. The number of hydrogen-bond acceptors (Lipinski definition) is 4. The van der Waals surface area contributed by atoms with Crippen LogP contribution in [0.1, 0.15) is 28.8 Å². The summed E-state index contributed by atoms with van der Waals surface area (Å²) in [6, 6.07) is 0. The van der Waals surface area contributed by atoms with Gasteiger partial charge in [-0.15, -0.1) is 11.3 Å². The van der Waals surface area contributed by atoms with Crippen LogP contribution in [0.25, 0.3) is 0 Å². The number of nitrogens with zero attached hydrogens (tertiary/aromatic N) is 1. The number of aromatic nitrogens is 1. The largest absolute Gasteiger partial charge is 0.371 e. The lowest BCUT2D eigenvalue weighted by Crippen LogP contribution is -1.93. The van der Waals surface area contributed by atoms with Crippen LogP contribution in [0, 0.1) is 0 Å². The number of thiazole rings is 1. The summed E-state index contributed by atoms with van der Waals surface area (Å²) < 4.78 is 5.52. The second-order valence-electron chi connectivity index (χ2n) is 2.82. The van der Waals surface area contributed by atoms with Gasteiger partial charge in [0, 0.05) is 23.4 Å². The molecule has 0 bridgehead atoms. The lowest BCUT2D eigenvalue weighted by atomic mass is 10.2. The molecule has 1 unspecified atom stereocenters. The van der Waals surface area contributed by atoms with Gasteiger partial charge < -0.3 is 4.74 Å². The van der Waals surface area contributed by atoms with Crippen molar-refractivity contribution in [1.29, 1.82) is 0 Å². The summed E-state index contributed by atoms with van der Waals surface area (Å²) in [6.07, 6.45) is 4.46. The molecule has 2 rings (SSSR count). The predicted octanol–water partition coefficient (Wildman–Crippen LogP) is 2.42. The van der Waals surface area contributed by atoms with Crippen molar-refractivity contribution in [3.8, 4) is 0 Å². The van der Waals surface area contributed by atoms with Crippen molar-refractivity contribution in [2.45, 2.75) is 24.7 Å². The Morgan fingerprint density at radius 1 is 1.75 bits per heavy atom. The second-order valence-corrected chi connectivity index (χ2v) is 4.29. The molecule has 0 aliphatic carbocycles. The van der Waals surface area contributed by atoms with Gasteiger partial charge in [0.1, 0.15) is 11.1 Å². The van der Waals surface area contributed by atoms with E-state index in [0.717, 1.165) is 23.8 Å². The summed E-state index contributed by atoms with van der Waals surface area (Å²) in [5.41, 5.74) is 0. The number of hydrogen-bond donors (Lipinski definition) is 1. The van der Waals surface area contributed by atoms with Crippen LogP contribution in [0.2, 0.25) is 0 Å². The molecule has 1 aromatic heterocycles. The molecular weight excluding hydrogens is 190 g/mol. The summed E-state index contributed by atoms with van der Waals surface area (Å²) in [5, 5.41) is 1.12. The van der Waals surface area contributed by atoms with E-state index in [2.05, 4.69) is 17.6 Å². The molecule has 1 aliphatic rings. The van der Waals surface area contributed by atoms with E-state index in [4.69, 9.17) is 4.74 Å². The smallest absolute Gasteiger partial charge is 0.122 e. The quantitative estimate of drug-likeness (QED) is 0.742. The van der Waals surface area contributed by atoms with Crippen LogP contribution in [0.15, 0.2) is 6.20 Å². The Labute approximate surface area is 81.4 Å². The molecule has 0 N–H and O–H groups in total. The highest BCUT2D eigenvalue weighted by Crippen LogP contribution is 2.31. The van der Waals surface area contributed by atoms with E-state index >= 15 is 0 Å². The molecular formula is C8H11NOS2. The van der Waals surface area contributed by atoms with Gasteiger partial charge in [-0.2, -0.15) is 12.6 Å². The minimum absolute atomic E-state index is 0.267. The van der Waals surface area contributed by atoms with Crippen LogP contribution in [0.3, 0.4) is 0 Å². The molecule has 1 saturated heterocycles. The number of ether oxygens (including phenoxy) is 1. The maximum atomic E-state index is 5.52. The average Bonchev–Trinajstić information content (AvgIpc) is 2.75. The molecule has 0 spiro atoms. The van der Waals surface area contributed by atoms with E-state index in [1.807, 2.05) is 6.20 Å². The van der Waals surface area contributed by atoms with Crippen molar-refractivity contribution < 1.29 is 4.74 Å². The predicted molar refractivity (Wildman–Crippen MR) is 52.7 cm³/mol. The van der Waals surface area contributed by atoms with Gasteiger partial charge >= 0.3 is 0 Å². The number of rotatable bonds is 2. The van der Waals surface area contributed by atoms with Crippen LogP contribution in [-0.2, 0) is 10.5 Å². The van der Waals surface area contributed by atoms with Crippen molar-refractivity contribution in [1.82, 2.24) is 4.98 Å². The zero-order valence-electron chi connectivity index (χ0n) is 6.69. The molecule has 66 valence electrons. The highest BCUT2D eigenvalue weighted by Gasteiger charge is 2.20. The van der Waals surface area contributed by atoms with Crippen LogP contribution >= 0.6 is 24.0 Å². The zero-order chi connectivity index (χ0) is 8.39. The standard InChI is InChI=1S/C8H11NOS2/c11-5-6-4-9-8(12-6)7-2-1-3-10-7/h4,7,11H,1-3,5H2. The molecule has 0 radical (unpaired) electrons. The van der Waals surface area contributed by atoms with E-state index in [0.29, 0.717) is 0 Å². The highest BCUT2D eigenvalue weighted by atomic mass is 32.1. The lowest BCUT2D eigenvalue weighted by Gasteiger charge is -2.02.